The van der Waals surface area contributed by atoms with Crippen LogP contribution in [0.4, 0.5) is 0 Å². The fraction of sp³-hybridized carbons (Fsp3) is 0.316. The Hall–Kier alpha value is -3.09. The van der Waals surface area contributed by atoms with Gasteiger partial charge in [0, 0.05) is 24.9 Å². The van der Waals surface area contributed by atoms with Crippen LogP contribution in [-0.2, 0) is 24.2 Å². The fourth-order valence-electron chi connectivity index (χ4n) is 2.87. The summed E-state index contributed by atoms with van der Waals surface area (Å²) in [5, 5.41) is 4.46. The van der Waals surface area contributed by atoms with E-state index in [2.05, 4.69) is 32.2 Å². The Morgan fingerprint density at radius 1 is 1.15 bits per heavy atom. The third kappa shape index (κ3) is 3.77. The molecule has 1 aliphatic carbocycles. The van der Waals surface area contributed by atoms with Gasteiger partial charge < -0.3 is 5.73 Å². The lowest BCUT2D eigenvalue weighted by atomic mass is 10.1. The molecular weight excluding hydrogens is 328 g/mol. The van der Waals surface area contributed by atoms with Gasteiger partial charge in [-0.05, 0) is 24.8 Å². The second kappa shape index (κ2) is 7.03. The molecule has 0 atom stereocenters. The van der Waals surface area contributed by atoms with E-state index in [1.165, 1.54) is 5.56 Å². The number of amides is 1. The van der Waals surface area contributed by atoms with E-state index in [0.717, 1.165) is 30.7 Å². The van der Waals surface area contributed by atoms with Gasteiger partial charge in [-0.15, -0.1) is 0 Å². The Morgan fingerprint density at radius 2 is 1.88 bits per heavy atom. The Balaban J connectivity index is 1.60. The molecule has 2 aromatic heterocycles. The average molecular weight is 348 g/mol. The molecule has 1 amide bonds. The normalized spacial score (nSPS) is 13.7. The molecule has 26 heavy (non-hydrogen) atoms. The molecule has 7 nitrogen and oxygen atoms in total. The highest BCUT2D eigenvalue weighted by atomic mass is 16.1. The highest BCUT2D eigenvalue weighted by Gasteiger charge is 2.26. The predicted octanol–water partition coefficient (Wildman–Crippen LogP) is 1.88. The third-order valence-corrected chi connectivity index (χ3v) is 4.38. The molecule has 132 valence electrons. The summed E-state index contributed by atoms with van der Waals surface area (Å²) in [6, 6.07) is 10.2. The van der Waals surface area contributed by atoms with Crippen LogP contribution in [0.5, 0.6) is 0 Å². The highest BCUT2D eigenvalue weighted by Crippen LogP contribution is 2.37. The summed E-state index contributed by atoms with van der Waals surface area (Å²) in [6.45, 7) is 0.648. The van der Waals surface area contributed by atoms with Crippen LogP contribution >= 0.6 is 0 Å². The number of nitrogens with two attached hydrogens (primary N) is 1. The number of nitrogens with zero attached hydrogens (tertiary/aromatic N) is 5. The molecule has 0 bridgehead atoms. The van der Waals surface area contributed by atoms with Crippen LogP contribution in [0.2, 0.25) is 0 Å². The van der Waals surface area contributed by atoms with E-state index in [-0.39, 0.29) is 6.42 Å². The number of primary amides is 1. The maximum absolute atomic E-state index is 11.2. The van der Waals surface area contributed by atoms with Crippen molar-refractivity contribution < 1.29 is 4.79 Å². The van der Waals surface area contributed by atoms with Gasteiger partial charge in [0.1, 0.15) is 5.82 Å². The van der Waals surface area contributed by atoms with Crippen molar-refractivity contribution >= 4 is 5.91 Å². The standard InChI is InChI=1S/C19H20N6O/c20-16(26)10-17-23-19(15-11-21-18(22-12-15)14-6-7-14)25(24-17)9-8-13-4-2-1-3-5-13/h1-5,11-12,14H,6-10H2,(H2,20,26). The third-order valence-electron chi connectivity index (χ3n) is 4.38. The molecule has 1 aliphatic rings. The molecule has 2 N–H and O–H groups in total. The zero-order valence-electron chi connectivity index (χ0n) is 14.4. The number of carbonyl (C=O) groups excluding carboxylic acids is 1. The van der Waals surface area contributed by atoms with Crippen LogP contribution in [-0.4, -0.2) is 30.6 Å². The van der Waals surface area contributed by atoms with E-state index >= 15 is 0 Å². The van der Waals surface area contributed by atoms with Crippen molar-refractivity contribution in [1.29, 1.82) is 0 Å². The first-order valence-electron chi connectivity index (χ1n) is 8.77. The molecular formula is C19H20N6O. The minimum Gasteiger partial charge on any atom is -0.369 e. The van der Waals surface area contributed by atoms with Crippen LogP contribution < -0.4 is 5.73 Å². The molecule has 0 unspecified atom stereocenters. The summed E-state index contributed by atoms with van der Waals surface area (Å²) in [4.78, 5) is 24.7. The second-order valence-electron chi connectivity index (χ2n) is 6.56. The molecule has 2 heterocycles. The maximum Gasteiger partial charge on any atom is 0.225 e. The summed E-state index contributed by atoms with van der Waals surface area (Å²) < 4.78 is 1.81. The molecule has 0 saturated heterocycles. The largest absolute Gasteiger partial charge is 0.369 e. The Morgan fingerprint density at radius 3 is 2.54 bits per heavy atom. The fourth-order valence-corrected chi connectivity index (χ4v) is 2.87. The summed E-state index contributed by atoms with van der Waals surface area (Å²) >= 11 is 0. The van der Waals surface area contributed by atoms with Gasteiger partial charge in [0.2, 0.25) is 5.91 Å². The van der Waals surface area contributed by atoms with Crippen molar-refractivity contribution in [2.75, 3.05) is 0 Å². The van der Waals surface area contributed by atoms with Gasteiger partial charge in [-0.25, -0.2) is 19.6 Å². The van der Waals surface area contributed by atoms with Gasteiger partial charge in [-0.1, -0.05) is 30.3 Å². The number of rotatable bonds is 7. The van der Waals surface area contributed by atoms with Crippen LogP contribution in [0.15, 0.2) is 42.7 Å². The van der Waals surface area contributed by atoms with Crippen LogP contribution in [0, 0.1) is 0 Å². The molecule has 0 radical (unpaired) electrons. The van der Waals surface area contributed by atoms with Crippen molar-refractivity contribution in [2.45, 2.75) is 38.1 Å². The Bertz CT molecular complexity index is 900. The van der Waals surface area contributed by atoms with Gasteiger partial charge in [-0.3, -0.25) is 4.79 Å². The first-order chi connectivity index (χ1) is 12.7. The topological polar surface area (TPSA) is 99.6 Å². The number of hydrogen-bond acceptors (Lipinski definition) is 5. The summed E-state index contributed by atoms with van der Waals surface area (Å²) in [6.07, 6.45) is 6.74. The molecule has 3 aromatic rings. The zero-order valence-corrected chi connectivity index (χ0v) is 14.4. The molecule has 1 aromatic carbocycles. The maximum atomic E-state index is 11.2. The van der Waals surface area contributed by atoms with Crippen molar-refractivity contribution in [2.24, 2.45) is 5.73 Å². The van der Waals surface area contributed by atoms with Crippen molar-refractivity contribution in [3.8, 4) is 11.4 Å². The first kappa shape index (κ1) is 16.4. The Labute approximate surface area is 151 Å². The number of aromatic nitrogens is 5. The lowest BCUT2D eigenvalue weighted by molar-refractivity contribution is -0.117. The molecule has 0 aliphatic heterocycles. The minimum absolute atomic E-state index is 0.0202. The van der Waals surface area contributed by atoms with E-state index in [1.54, 1.807) is 17.1 Å². The van der Waals surface area contributed by atoms with Crippen molar-refractivity contribution in [1.82, 2.24) is 24.7 Å². The summed E-state index contributed by atoms with van der Waals surface area (Å²) in [7, 11) is 0. The summed E-state index contributed by atoms with van der Waals surface area (Å²) in [5.41, 5.74) is 7.31. The smallest absolute Gasteiger partial charge is 0.225 e. The van der Waals surface area contributed by atoms with Gasteiger partial charge >= 0.3 is 0 Å². The van der Waals surface area contributed by atoms with Crippen molar-refractivity contribution in [3.05, 3.63) is 59.9 Å². The van der Waals surface area contributed by atoms with Gasteiger partial charge in [-0.2, -0.15) is 5.10 Å². The SMILES string of the molecule is NC(=O)Cc1nc(-c2cnc(C3CC3)nc2)n(CCc2ccccc2)n1. The number of hydrogen-bond donors (Lipinski definition) is 1. The highest BCUT2D eigenvalue weighted by molar-refractivity contribution is 5.75. The van der Waals surface area contributed by atoms with E-state index < -0.39 is 5.91 Å². The van der Waals surface area contributed by atoms with E-state index in [4.69, 9.17) is 5.73 Å². The van der Waals surface area contributed by atoms with E-state index in [0.29, 0.717) is 24.1 Å². The summed E-state index contributed by atoms with van der Waals surface area (Å²) in [5.74, 6) is 2.04. The quantitative estimate of drug-likeness (QED) is 0.703. The second-order valence-corrected chi connectivity index (χ2v) is 6.56. The number of aryl methyl sites for hydroxylation is 2. The van der Waals surface area contributed by atoms with E-state index in [9.17, 15) is 4.79 Å². The van der Waals surface area contributed by atoms with Gasteiger partial charge in [0.15, 0.2) is 11.6 Å². The van der Waals surface area contributed by atoms with Crippen LogP contribution in [0.3, 0.4) is 0 Å². The van der Waals surface area contributed by atoms with Gasteiger partial charge in [0.25, 0.3) is 0 Å². The number of carbonyl (C=O) groups is 1. The minimum atomic E-state index is -0.447. The van der Waals surface area contributed by atoms with Crippen molar-refractivity contribution in [3.63, 3.8) is 0 Å². The first-order valence-corrected chi connectivity index (χ1v) is 8.77. The zero-order chi connectivity index (χ0) is 17.9. The van der Waals surface area contributed by atoms with E-state index in [1.807, 2.05) is 18.2 Å². The van der Waals surface area contributed by atoms with Crippen LogP contribution in [0.25, 0.3) is 11.4 Å². The lowest BCUT2D eigenvalue weighted by Crippen LogP contribution is -2.15. The molecule has 1 fully saturated rings. The molecule has 7 heteroatoms. The van der Waals surface area contributed by atoms with Gasteiger partial charge in [0.05, 0.1) is 12.0 Å². The number of benzene rings is 1. The Kier molecular flexibility index (Phi) is 4.43. The molecule has 1 saturated carbocycles. The predicted molar refractivity (Wildman–Crippen MR) is 96.1 cm³/mol. The lowest BCUT2D eigenvalue weighted by Gasteiger charge is -2.06. The molecule has 0 spiro atoms. The van der Waals surface area contributed by atoms with Crippen LogP contribution in [0.1, 0.15) is 36.0 Å². The monoisotopic (exact) mass is 348 g/mol. The average Bonchev–Trinajstić information content (AvgIpc) is 3.42. The molecule has 4 rings (SSSR count).